The molecule has 1 aromatic carbocycles. The van der Waals surface area contributed by atoms with Crippen LogP contribution in [-0.4, -0.2) is 41.5 Å². The summed E-state index contributed by atoms with van der Waals surface area (Å²) < 4.78 is 0. The molecule has 0 radical (unpaired) electrons. The standard InChI is InChI=1S/C16H25N3O3/c1-5-11-6-7-12(8-13(11)17)18-16(22)15(10(2)3)19(4)9-14(20)21/h6-8,10,15H,5,9,17H2,1-4H3,(H,18,22)(H,20,21). The molecule has 0 saturated carbocycles. The maximum atomic E-state index is 12.5. The Bertz CT molecular complexity index is 543. The number of carboxylic acids is 1. The largest absolute Gasteiger partial charge is 0.480 e. The highest BCUT2D eigenvalue weighted by Crippen LogP contribution is 2.20. The van der Waals surface area contributed by atoms with Crippen molar-refractivity contribution in [1.29, 1.82) is 0 Å². The Labute approximate surface area is 131 Å². The normalized spacial score (nSPS) is 12.5. The van der Waals surface area contributed by atoms with E-state index in [1.165, 1.54) is 4.90 Å². The number of aliphatic carboxylic acids is 1. The summed E-state index contributed by atoms with van der Waals surface area (Å²) in [6.45, 7) is 5.60. The number of nitrogen functional groups attached to an aromatic ring is 1. The lowest BCUT2D eigenvalue weighted by Crippen LogP contribution is -2.47. The van der Waals surface area contributed by atoms with Gasteiger partial charge in [-0.05, 0) is 37.1 Å². The molecule has 1 unspecified atom stereocenters. The summed E-state index contributed by atoms with van der Waals surface area (Å²) in [6.07, 6.45) is 0.829. The minimum atomic E-state index is -0.961. The van der Waals surface area contributed by atoms with Crippen LogP contribution in [0.3, 0.4) is 0 Å². The second-order valence-corrected chi connectivity index (χ2v) is 5.75. The fraction of sp³-hybridized carbons (Fsp3) is 0.500. The number of hydrogen-bond acceptors (Lipinski definition) is 4. The fourth-order valence-corrected chi connectivity index (χ4v) is 2.53. The quantitative estimate of drug-likeness (QED) is 0.668. The molecular formula is C16H25N3O3. The molecule has 0 bridgehead atoms. The maximum absolute atomic E-state index is 12.5. The third-order valence-corrected chi connectivity index (χ3v) is 3.55. The molecule has 1 amide bonds. The first kappa shape index (κ1) is 18.0. The van der Waals surface area contributed by atoms with E-state index in [0.717, 1.165) is 12.0 Å². The average Bonchev–Trinajstić information content (AvgIpc) is 2.37. The van der Waals surface area contributed by atoms with Crippen LogP contribution in [0.15, 0.2) is 18.2 Å². The highest BCUT2D eigenvalue weighted by Gasteiger charge is 2.27. The SMILES string of the molecule is CCc1ccc(NC(=O)C(C(C)C)N(C)CC(=O)O)cc1N. The van der Waals surface area contributed by atoms with Gasteiger partial charge in [0.2, 0.25) is 5.91 Å². The summed E-state index contributed by atoms with van der Waals surface area (Å²) in [5.41, 5.74) is 8.22. The van der Waals surface area contributed by atoms with Crippen LogP contribution in [0.4, 0.5) is 11.4 Å². The smallest absolute Gasteiger partial charge is 0.317 e. The molecular weight excluding hydrogens is 282 g/mol. The Hall–Kier alpha value is -2.08. The van der Waals surface area contributed by atoms with E-state index in [0.29, 0.717) is 11.4 Å². The van der Waals surface area contributed by atoms with Crippen molar-refractivity contribution in [3.63, 3.8) is 0 Å². The number of carbonyl (C=O) groups excluding carboxylic acids is 1. The third-order valence-electron chi connectivity index (χ3n) is 3.55. The second-order valence-electron chi connectivity index (χ2n) is 5.75. The van der Waals surface area contributed by atoms with E-state index >= 15 is 0 Å². The lowest BCUT2D eigenvalue weighted by atomic mass is 10.0. The van der Waals surface area contributed by atoms with Gasteiger partial charge in [0, 0.05) is 11.4 Å². The van der Waals surface area contributed by atoms with Crippen LogP contribution in [0, 0.1) is 5.92 Å². The van der Waals surface area contributed by atoms with Crippen molar-refractivity contribution in [3.8, 4) is 0 Å². The molecule has 122 valence electrons. The maximum Gasteiger partial charge on any atom is 0.317 e. The van der Waals surface area contributed by atoms with Gasteiger partial charge >= 0.3 is 5.97 Å². The van der Waals surface area contributed by atoms with Gasteiger partial charge in [0.15, 0.2) is 0 Å². The van der Waals surface area contributed by atoms with E-state index in [2.05, 4.69) is 5.32 Å². The number of nitrogens with zero attached hydrogens (tertiary/aromatic N) is 1. The lowest BCUT2D eigenvalue weighted by Gasteiger charge is -2.28. The number of hydrogen-bond donors (Lipinski definition) is 3. The van der Waals surface area contributed by atoms with E-state index < -0.39 is 12.0 Å². The number of aryl methyl sites for hydroxylation is 1. The molecule has 0 spiro atoms. The summed E-state index contributed by atoms with van der Waals surface area (Å²) >= 11 is 0. The lowest BCUT2D eigenvalue weighted by molar-refractivity contribution is -0.139. The third kappa shape index (κ3) is 4.73. The van der Waals surface area contributed by atoms with Gasteiger partial charge < -0.3 is 16.2 Å². The van der Waals surface area contributed by atoms with E-state index in [-0.39, 0.29) is 18.4 Å². The molecule has 4 N–H and O–H groups in total. The van der Waals surface area contributed by atoms with Crippen LogP contribution in [-0.2, 0) is 16.0 Å². The van der Waals surface area contributed by atoms with Crippen LogP contribution in [0.5, 0.6) is 0 Å². The zero-order chi connectivity index (χ0) is 16.9. The predicted octanol–water partition coefficient (Wildman–Crippen LogP) is 1.81. The molecule has 0 heterocycles. The average molecular weight is 307 g/mol. The van der Waals surface area contributed by atoms with Crippen molar-refractivity contribution in [3.05, 3.63) is 23.8 Å². The van der Waals surface area contributed by atoms with Gasteiger partial charge in [0.25, 0.3) is 0 Å². The summed E-state index contributed by atoms with van der Waals surface area (Å²) in [6, 6.07) is 4.90. The number of benzene rings is 1. The van der Waals surface area contributed by atoms with Crippen molar-refractivity contribution in [2.24, 2.45) is 5.92 Å². The Morgan fingerprint density at radius 2 is 2.00 bits per heavy atom. The van der Waals surface area contributed by atoms with Gasteiger partial charge in [-0.15, -0.1) is 0 Å². The van der Waals surface area contributed by atoms with Crippen LogP contribution in [0.2, 0.25) is 0 Å². The number of likely N-dealkylation sites (N-methyl/N-ethyl adjacent to an activating group) is 1. The molecule has 0 aromatic heterocycles. The zero-order valence-electron chi connectivity index (χ0n) is 13.6. The first-order chi connectivity index (χ1) is 10.3. The van der Waals surface area contributed by atoms with Gasteiger partial charge in [-0.2, -0.15) is 0 Å². The topological polar surface area (TPSA) is 95.7 Å². The second kappa shape index (κ2) is 7.79. The molecule has 0 fully saturated rings. The van der Waals surface area contributed by atoms with E-state index in [9.17, 15) is 9.59 Å². The van der Waals surface area contributed by atoms with Gasteiger partial charge in [0.05, 0.1) is 12.6 Å². The van der Waals surface area contributed by atoms with Crippen molar-refractivity contribution < 1.29 is 14.7 Å². The van der Waals surface area contributed by atoms with Crippen LogP contribution < -0.4 is 11.1 Å². The number of rotatable bonds is 7. The van der Waals surface area contributed by atoms with E-state index in [4.69, 9.17) is 10.8 Å². The van der Waals surface area contributed by atoms with Crippen molar-refractivity contribution >= 4 is 23.3 Å². The number of nitrogens with two attached hydrogens (primary N) is 1. The Kier molecular flexibility index (Phi) is 6.37. The van der Waals surface area contributed by atoms with Gasteiger partial charge in [-0.25, -0.2) is 0 Å². The molecule has 22 heavy (non-hydrogen) atoms. The van der Waals surface area contributed by atoms with Crippen molar-refractivity contribution in [2.75, 3.05) is 24.6 Å². The molecule has 0 aliphatic carbocycles. The summed E-state index contributed by atoms with van der Waals surface area (Å²) in [5, 5.41) is 11.7. The fourth-order valence-electron chi connectivity index (χ4n) is 2.53. The molecule has 1 rings (SSSR count). The van der Waals surface area contributed by atoms with Gasteiger partial charge in [-0.3, -0.25) is 14.5 Å². The van der Waals surface area contributed by atoms with Crippen molar-refractivity contribution in [2.45, 2.75) is 33.2 Å². The summed E-state index contributed by atoms with van der Waals surface area (Å²) in [5.74, 6) is -1.21. The molecule has 1 aromatic rings. The predicted molar refractivity (Wildman–Crippen MR) is 87.8 cm³/mol. The minimum Gasteiger partial charge on any atom is -0.480 e. The number of nitrogens with one attached hydrogen (secondary N) is 1. The molecule has 0 aliphatic rings. The van der Waals surface area contributed by atoms with Gasteiger partial charge in [-0.1, -0.05) is 26.8 Å². The monoisotopic (exact) mass is 307 g/mol. The molecule has 1 atom stereocenters. The Balaban J connectivity index is 2.87. The number of amides is 1. The zero-order valence-corrected chi connectivity index (χ0v) is 13.6. The summed E-state index contributed by atoms with van der Waals surface area (Å²) in [4.78, 5) is 24.8. The molecule has 0 aliphatic heterocycles. The summed E-state index contributed by atoms with van der Waals surface area (Å²) in [7, 11) is 1.63. The highest BCUT2D eigenvalue weighted by molar-refractivity contribution is 5.95. The van der Waals surface area contributed by atoms with Crippen molar-refractivity contribution in [1.82, 2.24) is 4.90 Å². The van der Waals surface area contributed by atoms with E-state index in [1.807, 2.05) is 32.9 Å². The first-order valence-corrected chi connectivity index (χ1v) is 7.37. The number of anilines is 2. The van der Waals surface area contributed by atoms with E-state index in [1.54, 1.807) is 13.1 Å². The molecule has 6 heteroatoms. The highest BCUT2D eigenvalue weighted by atomic mass is 16.4. The molecule has 0 saturated heterocycles. The first-order valence-electron chi connectivity index (χ1n) is 7.37. The number of carbonyl (C=O) groups is 2. The number of carboxylic acid groups (broad SMARTS) is 1. The van der Waals surface area contributed by atoms with Crippen LogP contribution >= 0.6 is 0 Å². The Morgan fingerprint density at radius 1 is 1.36 bits per heavy atom. The minimum absolute atomic E-state index is 0.0170. The van der Waals surface area contributed by atoms with Crippen LogP contribution in [0.1, 0.15) is 26.3 Å². The van der Waals surface area contributed by atoms with Crippen LogP contribution in [0.25, 0.3) is 0 Å². The van der Waals surface area contributed by atoms with Gasteiger partial charge in [0.1, 0.15) is 0 Å². The molecule has 6 nitrogen and oxygen atoms in total. The Morgan fingerprint density at radius 3 is 2.45 bits per heavy atom.